The van der Waals surface area contributed by atoms with Gasteiger partial charge in [0.15, 0.2) is 0 Å². The number of ether oxygens (including phenoxy) is 2. The number of carbonyl (C=O) groups excluding carboxylic acids is 2. The summed E-state index contributed by atoms with van der Waals surface area (Å²) in [5, 5.41) is 6.31. The average Bonchev–Trinajstić information content (AvgIpc) is 3.32. The van der Waals surface area contributed by atoms with Gasteiger partial charge in [0.25, 0.3) is 0 Å². The first-order valence-corrected chi connectivity index (χ1v) is 11.1. The van der Waals surface area contributed by atoms with E-state index in [1.165, 1.54) is 18.9 Å². The smallest absolute Gasteiger partial charge is 0.329 e. The summed E-state index contributed by atoms with van der Waals surface area (Å²) >= 11 is 0. The fourth-order valence-corrected chi connectivity index (χ4v) is 4.37. The molecule has 1 saturated heterocycles. The normalized spacial score (nSPS) is 22.6. The highest BCUT2D eigenvalue weighted by Crippen LogP contribution is 2.52. The van der Waals surface area contributed by atoms with Crippen LogP contribution in [0.5, 0.6) is 0 Å². The number of nitrogens with one attached hydrogen (secondary N) is 2. The molecule has 1 aliphatic carbocycles. The lowest BCUT2D eigenvalue weighted by molar-refractivity contribution is -0.159. The predicted molar refractivity (Wildman–Crippen MR) is 116 cm³/mol. The molecule has 2 N–H and O–H groups in total. The molecule has 2 fully saturated rings. The van der Waals surface area contributed by atoms with Gasteiger partial charge in [-0.25, -0.2) is 9.18 Å². The minimum absolute atomic E-state index is 0.0164. The van der Waals surface area contributed by atoms with E-state index >= 15 is 0 Å². The first-order valence-electron chi connectivity index (χ1n) is 11.1. The fourth-order valence-electron chi connectivity index (χ4n) is 4.37. The van der Waals surface area contributed by atoms with Crippen LogP contribution in [0.25, 0.3) is 0 Å². The second kappa shape index (κ2) is 9.25. The lowest BCUT2D eigenvalue weighted by atomic mass is 9.92. The molecular weight excluding hydrogens is 399 g/mol. The lowest BCUT2D eigenvalue weighted by Crippen LogP contribution is -2.51. The Hall–Kier alpha value is -1.99. The molecule has 0 aromatic heterocycles. The van der Waals surface area contributed by atoms with Crippen LogP contribution in [0.3, 0.4) is 0 Å². The van der Waals surface area contributed by atoms with Gasteiger partial charge in [-0.05, 0) is 57.1 Å². The number of hydrogen-bond donors (Lipinski definition) is 2. The third-order valence-electron chi connectivity index (χ3n) is 6.31. The van der Waals surface area contributed by atoms with E-state index in [-0.39, 0.29) is 24.5 Å². The number of rotatable bonds is 8. The Morgan fingerprint density at radius 1 is 1.29 bits per heavy atom. The monoisotopic (exact) mass is 434 g/mol. The highest BCUT2D eigenvalue weighted by Gasteiger charge is 2.51. The zero-order valence-corrected chi connectivity index (χ0v) is 19.2. The predicted octanol–water partition coefficient (Wildman–Crippen LogP) is 2.99. The van der Waals surface area contributed by atoms with E-state index in [9.17, 15) is 14.0 Å². The Bertz CT molecular complexity index is 803. The molecule has 0 bridgehead atoms. The highest BCUT2D eigenvalue weighted by molar-refractivity contribution is 5.86. The summed E-state index contributed by atoms with van der Waals surface area (Å²) in [6, 6.07) is 5.35. The van der Waals surface area contributed by atoms with Gasteiger partial charge in [-0.15, -0.1) is 0 Å². The van der Waals surface area contributed by atoms with E-state index in [1.807, 2.05) is 0 Å². The van der Waals surface area contributed by atoms with Crippen molar-refractivity contribution in [2.75, 3.05) is 13.7 Å². The van der Waals surface area contributed by atoms with Crippen molar-refractivity contribution in [2.24, 2.45) is 11.3 Å². The molecule has 2 aliphatic rings. The van der Waals surface area contributed by atoms with E-state index in [2.05, 4.69) is 10.6 Å². The first kappa shape index (κ1) is 23.7. The van der Waals surface area contributed by atoms with Gasteiger partial charge in [0.2, 0.25) is 5.91 Å². The van der Waals surface area contributed by atoms with E-state index < -0.39 is 29.3 Å². The number of esters is 1. The highest BCUT2D eigenvalue weighted by atomic mass is 19.1. The summed E-state index contributed by atoms with van der Waals surface area (Å²) in [5.74, 6) is -1.79. The molecule has 172 valence electrons. The number of halogens is 1. The molecule has 1 aromatic rings. The Balaban J connectivity index is 1.71. The summed E-state index contributed by atoms with van der Waals surface area (Å²) in [6.07, 6.45) is 3.14. The van der Waals surface area contributed by atoms with Gasteiger partial charge in [0.05, 0.1) is 12.0 Å². The van der Waals surface area contributed by atoms with Crippen molar-refractivity contribution in [2.45, 2.75) is 77.2 Å². The number of methoxy groups -OCH3 is 1. The summed E-state index contributed by atoms with van der Waals surface area (Å²) in [7, 11) is 1.61. The van der Waals surface area contributed by atoms with Crippen LogP contribution in [0.15, 0.2) is 24.3 Å². The average molecular weight is 435 g/mol. The molecule has 3 unspecified atom stereocenters. The molecule has 1 aromatic carbocycles. The molecule has 1 saturated carbocycles. The minimum Gasteiger partial charge on any atom is -0.458 e. The maximum atomic E-state index is 14.2. The van der Waals surface area contributed by atoms with E-state index in [0.717, 1.165) is 13.0 Å². The van der Waals surface area contributed by atoms with Crippen LogP contribution < -0.4 is 10.6 Å². The third kappa shape index (κ3) is 6.04. The maximum absolute atomic E-state index is 14.2. The van der Waals surface area contributed by atoms with Crippen molar-refractivity contribution in [3.63, 3.8) is 0 Å². The van der Waals surface area contributed by atoms with E-state index in [4.69, 9.17) is 9.47 Å². The minimum atomic E-state index is -0.991. The largest absolute Gasteiger partial charge is 0.458 e. The van der Waals surface area contributed by atoms with Crippen LogP contribution in [-0.4, -0.2) is 49.3 Å². The summed E-state index contributed by atoms with van der Waals surface area (Å²) in [5.41, 5.74) is 0.00636. The van der Waals surface area contributed by atoms with Gasteiger partial charge in [-0.3, -0.25) is 4.79 Å². The molecule has 0 radical (unpaired) electrons. The van der Waals surface area contributed by atoms with Gasteiger partial charge >= 0.3 is 5.97 Å². The number of hydrogen-bond acceptors (Lipinski definition) is 5. The van der Waals surface area contributed by atoms with Crippen LogP contribution >= 0.6 is 0 Å². The molecule has 1 spiro atoms. The summed E-state index contributed by atoms with van der Waals surface area (Å²) in [6.45, 7) is 8.04. The van der Waals surface area contributed by atoms with Crippen LogP contribution in [0, 0.1) is 17.2 Å². The fraction of sp³-hybridized carbons (Fsp3) is 0.667. The lowest BCUT2D eigenvalue weighted by Gasteiger charge is -2.30. The molecule has 1 aliphatic heterocycles. The summed E-state index contributed by atoms with van der Waals surface area (Å²) in [4.78, 5) is 25.9. The van der Waals surface area contributed by atoms with Gasteiger partial charge in [0, 0.05) is 26.1 Å². The standard InChI is InChI=1S/C24H35FN2O4/c1-15(20(30-5)19-13-24(10-11-24)14-26-19)21(28)27-18(22(29)31-23(2,3)4)12-16-8-6-7-9-17(16)25/h6-9,15,18-20,26H,10-14H2,1-5H3,(H,27,28)/t15?,18?,19-,20?/m0/s1. The first-order chi connectivity index (χ1) is 14.5. The van der Waals surface area contributed by atoms with Crippen molar-refractivity contribution in [3.8, 4) is 0 Å². The summed E-state index contributed by atoms with van der Waals surface area (Å²) < 4.78 is 25.4. The molecular formula is C24H35FN2O4. The van der Waals surface area contributed by atoms with Crippen molar-refractivity contribution >= 4 is 11.9 Å². The zero-order valence-electron chi connectivity index (χ0n) is 19.2. The maximum Gasteiger partial charge on any atom is 0.329 e. The van der Waals surface area contributed by atoms with Crippen LogP contribution in [0.4, 0.5) is 4.39 Å². The van der Waals surface area contributed by atoms with E-state index in [0.29, 0.717) is 11.0 Å². The van der Waals surface area contributed by atoms with Gasteiger partial charge in [0.1, 0.15) is 17.5 Å². The number of amides is 1. The molecule has 1 amide bonds. The molecule has 31 heavy (non-hydrogen) atoms. The van der Waals surface area contributed by atoms with Crippen LogP contribution in [0.2, 0.25) is 0 Å². The van der Waals surface area contributed by atoms with Gasteiger partial charge in [-0.1, -0.05) is 25.1 Å². The van der Waals surface area contributed by atoms with Crippen molar-refractivity contribution in [1.29, 1.82) is 0 Å². The molecule has 6 nitrogen and oxygen atoms in total. The Morgan fingerprint density at radius 2 is 1.97 bits per heavy atom. The van der Waals surface area contributed by atoms with Gasteiger partial charge < -0.3 is 20.1 Å². The molecule has 7 heteroatoms. The SMILES string of the molecule is COC(C(C)C(=O)NC(Cc1ccccc1F)C(=O)OC(C)(C)C)[C@@H]1CC2(CC2)CN1. The topological polar surface area (TPSA) is 76.7 Å². The third-order valence-corrected chi connectivity index (χ3v) is 6.31. The van der Waals surface area contributed by atoms with Crippen molar-refractivity contribution in [1.82, 2.24) is 10.6 Å². The number of carbonyl (C=O) groups is 2. The molecule has 1 heterocycles. The Morgan fingerprint density at radius 3 is 2.52 bits per heavy atom. The van der Waals surface area contributed by atoms with Crippen molar-refractivity contribution in [3.05, 3.63) is 35.6 Å². The second-order valence-corrected chi connectivity index (χ2v) is 10.1. The van der Waals surface area contributed by atoms with Crippen LogP contribution in [-0.2, 0) is 25.5 Å². The molecule has 3 rings (SSSR count). The Labute approximate surface area is 184 Å². The molecule has 4 atom stereocenters. The van der Waals surface area contributed by atoms with Crippen LogP contribution in [0.1, 0.15) is 52.5 Å². The second-order valence-electron chi connectivity index (χ2n) is 10.1. The van der Waals surface area contributed by atoms with Crippen molar-refractivity contribution < 1.29 is 23.5 Å². The quantitative estimate of drug-likeness (QED) is 0.615. The Kier molecular flexibility index (Phi) is 7.06. The number of benzene rings is 1. The van der Waals surface area contributed by atoms with E-state index in [1.54, 1.807) is 53.0 Å². The van der Waals surface area contributed by atoms with Gasteiger partial charge in [-0.2, -0.15) is 0 Å². The zero-order chi connectivity index (χ0) is 22.8.